The van der Waals surface area contributed by atoms with Crippen molar-refractivity contribution in [3.63, 3.8) is 0 Å². The first-order valence-corrected chi connectivity index (χ1v) is 6.19. The van der Waals surface area contributed by atoms with E-state index in [-0.39, 0.29) is 0 Å². The monoisotopic (exact) mass is 255 g/mol. The molecule has 19 heavy (non-hydrogen) atoms. The molecule has 0 amide bonds. The number of aromatic nitrogens is 1. The summed E-state index contributed by atoms with van der Waals surface area (Å²) >= 11 is 0. The van der Waals surface area contributed by atoms with Gasteiger partial charge in [0.2, 0.25) is 0 Å². The SMILES string of the molecule is Cc1noc(C)c1CN(C)Cc1cccc(C#N)c1. The van der Waals surface area contributed by atoms with Crippen LogP contribution in [0.4, 0.5) is 0 Å². The van der Waals surface area contributed by atoms with Crippen LogP contribution in [0, 0.1) is 25.2 Å². The predicted octanol–water partition coefficient (Wildman–Crippen LogP) is 2.80. The summed E-state index contributed by atoms with van der Waals surface area (Å²) in [4.78, 5) is 2.18. The largest absolute Gasteiger partial charge is 0.361 e. The first-order valence-electron chi connectivity index (χ1n) is 6.19. The minimum Gasteiger partial charge on any atom is -0.361 e. The summed E-state index contributed by atoms with van der Waals surface area (Å²) in [5.41, 5.74) is 3.91. The molecule has 1 aromatic carbocycles. The fourth-order valence-electron chi connectivity index (χ4n) is 2.10. The third-order valence-electron chi connectivity index (χ3n) is 3.12. The molecule has 2 aromatic rings. The molecule has 0 aliphatic rings. The summed E-state index contributed by atoms with van der Waals surface area (Å²) < 4.78 is 5.16. The van der Waals surface area contributed by atoms with Gasteiger partial charge in [-0.25, -0.2) is 0 Å². The zero-order chi connectivity index (χ0) is 13.8. The Hall–Kier alpha value is -2.12. The highest BCUT2D eigenvalue weighted by molar-refractivity contribution is 5.32. The zero-order valence-electron chi connectivity index (χ0n) is 11.5. The fourth-order valence-corrected chi connectivity index (χ4v) is 2.10. The Kier molecular flexibility index (Phi) is 3.98. The van der Waals surface area contributed by atoms with Gasteiger partial charge in [0.05, 0.1) is 17.3 Å². The smallest absolute Gasteiger partial charge is 0.138 e. The van der Waals surface area contributed by atoms with Gasteiger partial charge in [-0.3, -0.25) is 4.90 Å². The standard InChI is InChI=1S/C15H17N3O/c1-11-15(12(2)19-17-11)10-18(3)9-14-6-4-5-13(7-14)8-16/h4-7H,9-10H2,1-3H3. The number of aryl methyl sites for hydroxylation is 2. The molecular formula is C15H17N3O. The molecule has 0 aliphatic heterocycles. The molecule has 4 heteroatoms. The normalized spacial score (nSPS) is 10.7. The van der Waals surface area contributed by atoms with Crippen molar-refractivity contribution in [2.24, 2.45) is 0 Å². The van der Waals surface area contributed by atoms with Crippen LogP contribution in [0.15, 0.2) is 28.8 Å². The molecule has 4 nitrogen and oxygen atoms in total. The van der Waals surface area contributed by atoms with Gasteiger partial charge in [-0.1, -0.05) is 17.3 Å². The van der Waals surface area contributed by atoms with Crippen LogP contribution in [0.2, 0.25) is 0 Å². The van der Waals surface area contributed by atoms with Gasteiger partial charge in [0.25, 0.3) is 0 Å². The summed E-state index contributed by atoms with van der Waals surface area (Å²) in [5.74, 6) is 0.870. The van der Waals surface area contributed by atoms with E-state index in [1.165, 1.54) is 0 Å². The molecule has 0 spiro atoms. The fraction of sp³-hybridized carbons (Fsp3) is 0.333. The van der Waals surface area contributed by atoms with E-state index in [4.69, 9.17) is 9.78 Å². The Morgan fingerprint density at radius 2 is 2.11 bits per heavy atom. The second-order valence-electron chi connectivity index (χ2n) is 4.79. The Balaban J connectivity index is 2.05. The number of rotatable bonds is 4. The van der Waals surface area contributed by atoms with E-state index < -0.39 is 0 Å². The van der Waals surface area contributed by atoms with E-state index in [1.807, 2.05) is 45.2 Å². The lowest BCUT2D eigenvalue weighted by atomic mass is 10.1. The predicted molar refractivity (Wildman–Crippen MR) is 72.3 cm³/mol. The van der Waals surface area contributed by atoms with Crippen LogP contribution in [0.3, 0.4) is 0 Å². The minimum atomic E-state index is 0.697. The van der Waals surface area contributed by atoms with Crippen LogP contribution in [-0.4, -0.2) is 17.1 Å². The van der Waals surface area contributed by atoms with E-state index >= 15 is 0 Å². The van der Waals surface area contributed by atoms with E-state index in [2.05, 4.69) is 16.1 Å². The lowest BCUT2D eigenvalue weighted by Gasteiger charge is -2.16. The van der Waals surface area contributed by atoms with Crippen LogP contribution < -0.4 is 0 Å². The number of hydrogen-bond donors (Lipinski definition) is 0. The van der Waals surface area contributed by atoms with E-state index in [1.54, 1.807) is 0 Å². The second-order valence-corrected chi connectivity index (χ2v) is 4.79. The van der Waals surface area contributed by atoms with Crippen molar-refractivity contribution in [2.75, 3.05) is 7.05 Å². The number of benzene rings is 1. The zero-order valence-corrected chi connectivity index (χ0v) is 11.5. The first kappa shape index (κ1) is 13.3. The van der Waals surface area contributed by atoms with Crippen molar-refractivity contribution in [3.8, 4) is 6.07 Å². The van der Waals surface area contributed by atoms with Gasteiger partial charge < -0.3 is 4.52 Å². The van der Waals surface area contributed by atoms with E-state index in [0.29, 0.717) is 5.56 Å². The molecular weight excluding hydrogens is 238 g/mol. The Morgan fingerprint density at radius 3 is 2.74 bits per heavy atom. The molecule has 0 saturated heterocycles. The minimum absolute atomic E-state index is 0.697. The van der Waals surface area contributed by atoms with Gasteiger partial charge in [0, 0.05) is 18.7 Å². The summed E-state index contributed by atoms with van der Waals surface area (Å²) in [7, 11) is 2.05. The van der Waals surface area contributed by atoms with Crippen LogP contribution in [0.5, 0.6) is 0 Å². The third-order valence-corrected chi connectivity index (χ3v) is 3.12. The van der Waals surface area contributed by atoms with Crippen molar-refractivity contribution in [1.29, 1.82) is 5.26 Å². The Labute approximate surface area is 113 Å². The lowest BCUT2D eigenvalue weighted by Crippen LogP contribution is -2.18. The molecule has 0 saturated carbocycles. The quantitative estimate of drug-likeness (QED) is 0.843. The highest BCUT2D eigenvalue weighted by Gasteiger charge is 2.11. The summed E-state index contributed by atoms with van der Waals surface area (Å²) in [6.07, 6.45) is 0. The molecule has 98 valence electrons. The van der Waals surface area contributed by atoms with Crippen LogP contribution in [0.25, 0.3) is 0 Å². The summed E-state index contributed by atoms with van der Waals surface area (Å²) in [6.45, 7) is 5.47. The van der Waals surface area contributed by atoms with Gasteiger partial charge in [-0.15, -0.1) is 0 Å². The molecule has 1 heterocycles. The highest BCUT2D eigenvalue weighted by Crippen LogP contribution is 2.16. The van der Waals surface area contributed by atoms with Crippen LogP contribution >= 0.6 is 0 Å². The molecule has 0 bridgehead atoms. The number of nitrogens with zero attached hydrogens (tertiary/aromatic N) is 3. The van der Waals surface area contributed by atoms with Crippen molar-refractivity contribution in [3.05, 3.63) is 52.4 Å². The number of nitriles is 1. The maximum Gasteiger partial charge on any atom is 0.138 e. The number of hydrogen-bond acceptors (Lipinski definition) is 4. The average molecular weight is 255 g/mol. The Morgan fingerprint density at radius 1 is 1.32 bits per heavy atom. The third kappa shape index (κ3) is 3.21. The molecule has 0 radical (unpaired) electrons. The van der Waals surface area contributed by atoms with Crippen LogP contribution in [0.1, 0.15) is 28.1 Å². The van der Waals surface area contributed by atoms with E-state index in [9.17, 15) is 0 Å². The van der Waals surface area contributed by atoms with Crippen molar-refractivity contribution < 1.29 is 4.52 Å². The molecule has 0 fully saturated rings. The molecule has 0 atom stereocenters. The topological polar surface area (TPSA) is 53.1 Å². The Bertz CT molecular complexity index is 591. The second kappa shape index (κ2) is 5.68. The lowest BCUT2D eigenvalue weighted by molar-refractivity contribution is 0.315. The van der Waals surface area contributed by atoms with Crippen molar-refractivity contribution in [2.45, 2.75) is 26.9 Å². The molecule has 1 aromatic heterocycles. The van der Waals surface area contributed by atoms with Gasteiger partial charge in [0.15, 0.2) is 0 Å². The first-order chi connectivity index (χ1) is 9.10. The summed E-state index contributed by atoms with van der Waals surface area (Å²) in [5, 5.41) is 12.9. The van der Waals surface area contributed by atoms with Crippen molar-refractivity contribution in [1.82, 2.24) is 10.1 Å². The van der Waals surface area contributed by atoms with E-state index in [0.717, 1.165) is 35.7 Å². The molecule has 0 aliphatic carbocycles. The van der Waals surface area contributed by atoms with Crippen molar-refractivity contribution >= 4 is 0 Å². The maximum atomic E-state index is 8.89. The highest BCUT2D eigenvalue weighted by atomic mass is 16.5. The van der Waals surface area contributed by atoms with Crippen LogP contribution in [-0.2, 0) is 13.1 Å². The molecule has 2 rings (SSSR count). The average Bonchev–Trinajstić information content (AvgIpc) is 2.71. The van der Waals surface area contributed by atoms with Gasteiger partial charge in [0.1, 0.15) is 5.76 Å². The maximum absolute atomic E-state index is 8.89. The van der Waals surface area contributed by atoms with Gasteiger partial charge >= 0.3 is 0 Å². The molecule has 0 unspecified atom stereocenters. The summed E-state index contributed by atoms with van der Waals surface area (Å²) in [6, 6.07) is 9.85. The van der Waals surface area contributed by atoms with Gasteiger partial charge in [-0.2, -0.15) is 5.26 Å². The van der Waals surface area contributed by atoms with Gasteiger partial charge in [-0.05, 0) is 38.6 Å². The molecule has 0 N–H and O–H groups in total.